The molecule has 1 saturated carbocycles. The van der Waals surface area contributed by atoms with Gasteiger partial charge in [0.05, 0.1) is 29.7 Å². The average Bonchev–Trinajstić information content (AvgIpc) is 3.45. The maximum atomic E-state index is 14.3. The molecule has 2 aliphatic carbocycles. The molecule has 3 aromatic carbocycles. The van der Waals surface area contributed by atoms with Gasteiger partial charge in [0, 0.05) is 30.8 Å². The first-order chi connectivity index (χ1) is 23.6. The van der Waals surface area contributed by atoms with E-state index in [1.165, 1.54) is 23.8 Å². The Morgan fingerprint density at radius 1 is 1.12 bits per heavy atom. The third-order valence-corrected chi connectivity index (χ3v) is 11.4. The third kappa shape index (κ3) is 5.65. The molecular formula is C40H43F3N2O4. The number of hydrogen-bond acceptors (Lipinski definition) is 5. The van der Waals surface area contributed by atoms with E-state index in [1.807, 2.05) is 35.2 Å². The summed E-state index contributed by atoms with van der Waals surface area (Å²) in [6.07, 6.45) is 4.52. The number of piperidine rings is 1. The molecule has 0 aromatic heterocycles. The number of amides is 1. The smallest absolute Gasteiger partial charge is 0.416 e. The number of benzene rings is 3. The Morgan fingerprint density at radius 3 is 2.69 bits per heavy atom. The van der Waals surface area contributed by atoms with Crippen molar-refractivity contribution < 1.29 is 32.5 Å². The fraction of sp³-hybridized carbons (Fsp3) is 0.425. The van der Waals surface area contributed by atoms with E-state index in [4.69, 9.17) is 9.47 Å². The third-order valence-electron chi connectivity index (χ3n) is 11.4. The SMILES string of the molecule is C=CCN1CC[C@]23c4c5ccc(OC)c4OC2C(N(CCCCc2ccccc2)C(=O)/C=C/c2cccc(C(F)(F)F)c2)CC[C@@]3(O)[C@H]1C5. The number of hydrogen-bond donors (Lipinski definition) is 1. The van der Waals surface area contributed by atoms with Crippen molar-refractivity contribution in [1.82, 2.24) is 9.80 Å². The van der Waals surface area contributed by atoms with Gasteiger partial charge in [-0.15, -0.1) is 6.58 Å². The van der Waals surface area contributed by atoms with Crippen LogP contribution in [0, 0.1) is 0 Å². The number of aliphatic hydroxyl groups is 1. The van der Waals surface area contributed by atoms with Gasteiger partial charge < -0.3 is 19.5 Å². The van der Waals surface area contributed by atoms with E-state index in [-0.39, 0.29) is 18.0 Å². The molecule has 4 aliphatic rings. The van der Waals surface area contributed by atoms with Crippen LogP contribution in [0.3, 0.4) is 0 Å². The van der Waals surface area contributed by atoms with Gasteiger partial charge in [-0.1, -0.05) is 54.6 Å². The summed E-state index contributed by atoms with van der Waals surface area (Å²) >= 11 is 0. The number of likely N-dealkylation sites (tertiary alicyclic amines) is 1. The number of rotatable bonds is 11. The van der Waals surface area contributed by atoms with E-state index in [0.717, 1.165) is 49.1 Å². The number of unbranched alkanes of at least 4 members (excludes halogenated alkanes) is 1. The van der Waals surface area contributed by atoms with E-state index in [1.54, 1.807) is 13.2 Å². The van der Waals surface area contributed by atoms with Gasteiger partial charge in [-0.25, -0.2) is 0 Å². The Bertz CT molecular complexity index is 1740. The topological polar surface area (TPSA) is 62.2 Å². The van der Waals surface area contributed by atoms with Crippen LogP contribution in [-0.2, 0) is 29.2 Å². The second-order valence-electron chi connectivity index (χ2n) is 13.9. The zero-order valence-electron chi connectivity index (χ0n) is 27.8. The second-order valence-corrected chi connectivity index (χ2v) is 13.9. The van der Waals surface area contributed by atoms with Crippen LogP contribution in [0.4, 0.5) is 13.2 Å². The van der Waals surface area contributed by atoms with Crippen molar-refractivity contribution in [3.8, 4) is 11.5 Å². The molecule has 5 atom stereocenters. The molecule has 0 radical (unpaired) electrons. The lowest BCUT2D eigenvalue weighted by atomic mass is 9.48. The number of ether oxygens (including phenoxy) is 2. The molecule has 2 heterocycles. The maximum Gasteiger partial charge on any atom is 0.416 e. The predicted octanol–water partition coefficient (Wildman–Crippen LogP) is 6.99. The van der Waals surface area contributed by atoms with Crippen molar-refractivity contribution in [2.75, 3.05) is 26.7 Å². The molecule has 49 heavy (non-hydrogen) atoms. The number of carbonyl (C=O) groups is 1. The Morgan fingerprint density at radius 2 is 1.94 bits per heavy atom. The molecule has 2 unspecified atom stereocenters. The normalized spacial score (nSPS) is 27.0. The number of nitrogens with zero attached hydrogens (tertiary/aromatic N) is 2. The van der Waals surface area contributed by atoms with Crippen LogP contribution in [-0.4, -0.2) is 71.3 Å². The molecule has 2 fully saturated rings. The van der Waals surface area contributed by atoms with Gasteiger partial charge in [0.2, 0.25) is 5.91 Å². The fourth-order valence-corrected chi connectivity index (χ4v) is 9.24. The number of aryl methyl sites for hydroxylation is 1. The van der Waals surface area contributed by atoms with Gasteiger partial charge in [0.15, 0.2) is 11.5 Å². The Hall–Kier alpha value is -4.08. The van der Waals surface area contributed by atoms with Gasteiger partial charge in [-0.3, -0.25) is 9.69 Å². The highest BCUT2D eigenvalue weighted by atomic mass is 19.4. The van der Waals surface area contributed by atoms with E-state index < -0.39 is 28.9 Å². The monoisotopic (exact) mass is 672 g/mol. The largest absolute Gasteiger partial charge is 0.493 e. The molecule has 9 heteroatoms. The summed E-state index contributed by atoms with van der Waals surface area (Å²) in [7, 11) is 1.62. The first kappa shape index (κ1) is 33.4. The molecule has 258 valence electrons. The quantitative estimate of drug-likeness (QED) is 0.135. The Labute approximate surface area is 285 Å². The number of alkyl halides is 3. The molecule has 1 saturated heterocycles. The minimum atomic E-state index is -4.48. The molecule has 1 spiro atoms. The van der Waals surface area contributed by atoms with Gasteiger partial charge in [0.25, 0.3) is 0 Å². The standard InChI is InChI=1S/C40H43F3N2O4/c1-3-22-44-24-21-38-35-29-16-17-32(48-2)36(35)49-37(38)31(19-20-39(38,47)33(44)26-29)45(23-8-7-12-27-10-5-4-6-11-27)34(46)18-15-28-13-9-14-30(25-28)40(41,42)43/h3-6,9-11,13-18,25,31,33,37,47H,1,7-8,12,19-24,26H2,2H3/b18-15+/t31?,33-,37?,38+,39-/m1/s1. The van der Waals surface area contributed by atoms with Crippen molar-refractivity contribution in [3.05, 3.63) is 113 Å². The lowest BCUT2D eigenvalue weighted by molar-refractivity contribution is -0.199. The van der Waals surface area contributed by atoms with Crippen molar-refractivity contribution in [2.24, 2.45) is 0 Å². The van der Waals surface area contributed by atoms with Crippen LogP contribution >= 0.6 is 0 Å². The molecular weight excluding hydrogens is 629 g/mol. The lowest BCUT2D eigenvalue weighted by Gasteiger charge is -2.64. The lowest BCUT2D eigenvalue weighted by Crippen LogP contribution is -2.78. The molecule has 6 nitrogen and oxygen atoms in total. The molecule has 3 aromatic rings. The van der Waals surface area contributed by atoms with E-state index in [9.17, 15) is 23.1 Å². The molecule has 1 amide bonds. The van der Waals surface area contributed by atoms with Gasteiger partial charge in [-0.05, 0) is 92.5 Å². The number of carbonyl (C=O) groups excluding carboxylic acids is 1. The zero-order chi connectivity index (χ0) is 34.4. The van der Waals surface area contributed by atoms with Gasteiger partial charge in [0.1, 0.15) is 6.10 Å². The van der Waals surface area contributed by atoms with Gasteiger partial charge >= 0.3 is 6.18 Å². The minimum absolute atomic E-state index is 0.131. The Balaban J connectivity index is 1.24. The first-order valence-electron chi connectivity index (χ1n) is 17.2. The molecule has 7 rings (SSSR count). The molecule has 2 aliphatic heterocycles. The summed E-state index contributed by atoms with van der Waals surface area (Å²) in [4.78, 5) is 18.4. The fourth-order valence-electron chi connectivity index (χ4n) is 9.24. The summed E-state index contributed by atoms with van der Waals surface area (Å²) in [5.41, 5.74) is 1.07. The molecule has 1 N–H and O–H groups in total. The summed E-state index contributed by atoms with van der Waals surface area (Å²) < 4.78 is 53.0. The number of halogens is 3. The van der Waals surface area contributed by atoms with E-state index >= 15 is 0 Å². The van der Waals surface area contributed by atoms with Crippen LogP contribution in [0.2, 0.25) is 0 Å². The highest BCUT2D eigenvalue weighted by Crippen LogP contribution is 2.66. The van der Waals surface area contributed by atoms with Crippen molar-refractivity contribution >= 4 is 12.0 Å². The van der Waals surface area contributed by atoms with Crippen molar-refractivity contribution in [2.45, 2.75) is 80.3 Å². The van der Waals surface area contributed by atoms with E-state index in [0.29, 0.717) is 55.8 Å². The summed E-state index contributed by atoms with van der Waals surface area (Å²) in [5.74, 6) is 0.981. The van der Waals surface area contributed by atoms with Crippen LogP contribution in [0.1, 0.15) is 59.9 Å². The van der Waals surface area contributed by atoms with Crippen LogP contribution < -0.4 is 9.47 Å². The zero-order valence-corrected chi connectivity index (χ0v) is 27.8. The Kier molecular flexibility index (Phi) is 8.86. The first-order valence-corrected chi connectivity index (χ1v) is 17.2. The van der Waals surface area contributed by atoms with Crippen molar-refractivity contribution in [1.29, 1.82) is 0 Å². The maximum absolute atomic E-state index is 14.3. The average molecular weight is 673 g/mol. The minimum Gasteiger partial charge on any atom is -0.493 e. The summed E-state index contributed by atoms with van der Waals surface area (Å²) in [6.45, 7) is 5.84. The van der Waals surface area contributed by atoms with Crippen molar-refractivity contribution in [3.63, 3.8) is 0 Å². The van der Waals surface area contributed by atoms with Gasteiger partial charge in [-0.2, -0.15) is 13.2 Å². The molecule has 2 bridgehead atoms. The van der Waals surface area contributed by atoms with Crippen LogP contribution in [0.5, 0.6) is 11.5 Å². The van der Waals surface area contributed by atoms with Crippen LogP contribution in [0.25, 0.3) is 6.08 Å². The van der Waals surface area contributed by atoms with Crippen LogP contribution in [0.15, 0.2) is 85.5 Å². The highest BCUT2D eigenvalue weighted by Gasteiger charge is 2.73. The van der Waals surface area contributed by atoms with E-state index in [2.05, 4.69) is 29.7 Å². The summed E-state index contributed by atoms with van der Waals surface area (Å²) in [5, 5.41) is 12.9. The predicted molar refractivity (Wildman–Crippen MR) is 183 cm³/mol. The number of methoxy groups -OCH3 is 1. The second kappa shape index (κ2) is 13.0. The summed E-state index contributed by atoms with van der Waals surface area (Å²) in [6, 6.07) is 18.7. The highest BCUT2D eigenvalue weighted by molar-refractivity contribution is 5.92.